The number of carbonyl (C=O) groups excluding carboxylic acids is 3. The number of halogens is 1. The van der Waals surface area contributed by atoms with Gasteiger partial charge in [-0.15, -0.1) is 0 Å². The zero-order valence-electron chi connectivity index (χ0n) is 14.6. The van der Waals surface area contributed by atoms with Crippen molar-refractivity contribution in [3.63, 3.8) is 0 Å². The minimum atomic E-state index is -0.522. The van der Waals surface area contributed by atoms with E-state index in [1.54, 1.807) is 29.2 Å². The van der Waals surface area contributed by atoms with Gasteiger partial charge in [-0.25, -0.2) is 0 Å². The second-order valence-corrected chi connectivity index (χ2v) is 6.68. The van der Waals surface area contributed by atoms with Crippen LogP contribution in [0.3, 0.4) is 0 Å². The van der Waals surface area contributed by atoms with Gasteiger partial charge in [0.05, 0.1) is 5.92 Å². The standard InChI is InChI=1S/C20H19ClN2O4/c21-16-6-8-17(9-7-16)23-12-15(10-18(23)24)20(26)22-11-19(25)27-13-14-4-2-1-3-5-14/h1-9,15H,10-13H2,(H,22,26). The maximum absolute atomic E-state index is 12.3. The number of carbonyl (C=O) groups is 3. The SMILES string of the molecule is O=C(CNC(=O)C1CC(=O)N(c2ccc(Cl)cc2)C1)OCc1ccccc1. The van der Waals surface area contributed by atoms with Crippen LogP contribution in [0.2, 0.25) is 5.02 Å². The van der Waals surface area contributed by atoms with E-state index in [2.05, 4.69) is 5.32 Å². The van der Waals surface area contributed by atoms with Gasteiger partial charge in [0.2, 0.25) is 11.8 Å². The largest absolute Gasteiger partial charge is 0.460 e. The fourth-order valence-electron chi connectivity index (χ4n) is 2.85. The highest BCUT2D eigenvalue weighted by molar-refractivity contribution is 6.30. The molecule has 1 aliphatic rings. The van der Waals surface area contributed by atoms with Gasteiger partial charge < -0.3 is 15.0 Å². The number of ether oxygens (including phenoxy) is 1. The summed E-state index contributed by atoms with van der Waals surface area (Å²) in [5, 5.41) is 3.13. The Balaban J connectivity index is 1.46. The van der Waals surface area contributed by atoms with Gasteiger partial charge in [-0.1, -0.05) is 41.9 Å². The Morgan fingerprint density at radius 2 is 1.81 bits per heavy atom. The van der Waals surface area contributed by atoms with Gasteiger partial charge in [-0.2, -0.15) is 0 Å². The van der Waals surface area contributed by atoms with Crippen molar-refractivity contribution in [2.45, 2.75) is 13.0 Å². The Kier molecular flexibility index (Phi) is 6.08. The minimum absolute atomic E-state index is 0.105. The molecule has 27 heavy (non-hydrogen) atoms. The van der Waals surface area contributed by atoms with Crippen molar-refractivity contribution in [2.75, 3.05) is 18.0 Å². The Labute approximate surface area is 162 Å². The molecule has 1 atom stereocenters. The van der Waals surface area contributed by atoms with Crippen molar-refractivity contribution in [1.82, 2.24) is 5.32 Å². The van der Waals surface area contributed by atoms with Crippen molar-refractivity contribution < 1.29 is 19.1 Å². The topological polar surface area (TPSA) is 75.7 Å². The minimum Gasteiger partial charge on any atom is -0.460 e. The molecule has 1 fully saturated rings. The Morgan fingerprint density at radius 3 is 2.52 bits per heavy atom. The van der Waals surface area contributed by atoms with Gasteiger partial charge >= 0.3 is 5.97 Å². The average Bonchev–Trinajstić information content (AvgIpc) is 3.07. The molecule has 6 nitrogen and oxygen atoms in total. The molecule has 1 saturated heterocycles. The van der Waals surface area contributed by atoms with Crippen LogP contribution < -0.4 is 10.2 Å². The summed E-state index contributed by atoms with van der Waals surface area (Å²) in [7, 11) is 0. The fraction of sp³-hybridized carbons (Fsp3) is 0.250. The third-order valence-corrected chi connectivity index (χ3v) is 4.54. The lowest BCUT2D eigenvalue weighted by Crippen LogP contribution is -2.36. The van der Waals surface area contributed by atoms with E-state index in [4.69, 9.17) is 16.3 Å². The van der Waals surface area contributed by atoms with Gasteiger partial charge in [0.15, 0.2) is 0 Å². The summed E-state index contributed by atoms with van der Waals surface area (Å²) in [5.41, 5.74) is 1.57. The van der Waals surface area contributed by atoms with E-state index in [1.165, 1.54) is 0 Å². The molecule has 2 aromatic rings. The van der Waals surface area contributed by atoms with Crippen LogP contribution in [-0.4, -0.2) is 30.9 Å². The molecular weight excluding hydrogens is 368 g/mol. The van der Waals surface area contributed by atoms with E-state index >= 15 is 0 Å². The first-order chi connectivity index (χ1) is 13.0. The van der Waals surface area contributed by atoms with Crippen molar-refractivity contribution >= 4 is 35.1 Å². The number of esters is 1. The second-order valence-electron chi connectivity index (χ2n) is 6.25. The first-order valence-corrected chi connectivity index (χ1v) is 8.94. The quantitative estimate of drug-likeness (QED) is 0.774. The first-order valence-electron chi connectivity index (χ1n) is 8.56. The molecule has 0 aromatic heterocycles. The van der Waals surface area contributed by atoms with Crippen molar-refractivity contribution in [2.24, 2.45) is 5.92 Å². The zero-order valence-corrected chi connectivity index (χ0v) is 15.3. The van der Waals surface area contributed by atoms with Gasteiger partial charge in [-0.3, -0.25) is 14.4 Å². The van der Waals surface area contributed by atoms with Crippen LogP contribution in [0.5, 0.6) is 0 Å². The average molecular weight is 387 g/mol. The molecule has 1 unspecified atom stereocenters. The van der Waals surface area contributed by atoms with Crippen LogP contribution in [0.4, 0.5) is 5.69 Å². The Bertz CT molecular complexity index is 824. The van der Waals surface area contributed by atoms with E-state index in [-0.39, 0.29) is 37.9 Å². The molecule has 1 N–H and O–H groups in total. The van der Waals surface area contributed by atoms with Crippen LogP contribution in [0.15, 0.2) is 54.6 Å². The van der Waals surface area contributed by atoms with E-state index in [0.29, 0.717) is 10.7 Å². The summed E-state index contributed by atoms with van der Waals surface area (Å²) in [5.74, 6) is -1.50. The fourth-order valence-corrected chi connectivity index (χ4v) is 2.97. The molecule has 0 spiro atoms. The molecule has 3 rings (SSSR count). The highest BCUT2D eigenvalue weighted by atomic mass is 35.5. The molecule has 0 bridgehead atoms. The lowest BCUT2D eigenvalue weighted by atomic mass is 10.1. The van der Waals surface area contributed by atoms with Crippen molar-refractivity contribution in [3.05, 3.63) is 65.2 Å². The summed E-state index contributed by atoms with van der Waals surface area (Å²) in [6, 6.07) is 16.1. The molecule has 7 heteroatoms. The lowest BCUT2D eigenvalue weighted by molar-refractivity contribution is -0.145. The molecule has 0 aliphatic carbocycles. The highest BCUT2D eigenvalue weighted by Gasteiger charge is 2.35. The molecule has 1 heterocycles. The van der Waals surface area contributed by atoms with E-state index < -0.39 is 11.9 Å². The van der Waals surface area contributed by atoms with Gasteiger partial charge in [0.1, 0.15) is 13.2 Å². The van der Waals surface area contributed by atoms with Crippen LogP contribution >= 0.6 is 11.6 Å². The Morgan fingerprint density at radius 1 is 1.11 bits per heavy atom. The molecule has 2 amide bonds. The maximum atomic E-state index is 12.3. The summed E-state index contributed by atoms with van der Waals surface area (Å²) < 4.78 is 5.12. The van der Waals surface area contributed by atoms with Gasteiger partial charge in [0.25, 0.3) is 0 Å². The first kappa shape index (κ1) is 18.9. The molecule has 1 aliphatic heterocycles. The predicted molar refractivity (Wildman–Crippen MR) is 101 cm³/mol. The zero-order chi connectivity index (χ0) is 19.2. The number of anilines is 1. The van der Waals surface area contributed by atoms with Crippen molar-refractivity contribution in [1.29, 1.82) is 0 Å². The van der Waals surface area contributed by atoms with E-state index in [1.807, 2.05) is 30.3 Å². The Hall–Kier alpha value is -2.86. The number of hydrogen-bond acceptors (Lipinski definition) is 4. The summed E-state index contributed by atoms with van der Waals surface area (Å²) in [4.78, 5) is 37.8. The van der Waals surface area contributed by atoms with Crippen LogP contribution in [0.25, 0.3) is 0 Å². The number of rotatable bonds is 6. The molecule has 0 saturated carbocycles. The molecule has 0 radical (unpaired) electrons. The predicted octanol–water partition coefficient (Wildman–Crippen LogP) is 2.55. The van der Waals surface area contributed by atoms with E-state index in [9.17, 15) is 14.4 Å². The second kappa shape index (κ2) is 8.68. The van der Waals surface area contributed by atoms with E-state index in [0.717, 1.165) is 5.56 Å². The summed E-state index contributed by atoms with van der Waals surface area (Å²) in [6.07, 6.45) is 0.105. The van der Waals surface area contributed by atoms with Crippen LogP contribution in [0.1, 0.15) is 12.0 Å². The monoisotopic (exact) mass is 386 g/mol. The number of amides is 2. The molecule has 140 valence electrons. The number of benzene rings is 2. The third-order valence-electron chi connectivity index (χ3n) is 4.28. The highest BCUT2D eigenvalue weighted by Crippen LogP contribution is 2.26. The summed E-state index contributed by atoms with van der Waals surface area (Å²) >= 11 is 5.86. The summed E-state index contributed by atoms with van der Waals surface area (Å²) in [6.45, 7) is 0.199. The number of nitrogens with one attached hydrogen (secondary N) is 1. The lowest BCUT2D eigenvalue weighted by Gasteiger charge is -2.16. The smallest absolute Gasteiger partial charge is 0.325 e. The van der Waals surface area contributed by atoms with Crippen LogP contribution in [-0.2, 0) is 25.7 Å². The van der Waals surface area contributed by atoms with Crippen molar-refractivity contribution in [3.8, 4) is 0 Å². The van der Waals surface area contributed by atoms with Gasteiger partial charge in [-0.05, 0) is 29.8 Å². The van der Waals surface area contributed by atoms with Crippen LogP contribution in [0, 0.1) is 5.92 Å². The number of hydrogen-bond donors (Lipinski definition) is 1. The molecular formula is C20H19ClN2O4. The normalized spacial score (nSPS) is 16.3. The molecule has 2 aromatic carbocycles. The maximum Gasteiger partial charge on any atom is 0.325 e. The third kappa shape index (κ3) is 5.08. The number of nitrogens with zero attached hydrogens (tertiary/aromatic N) is 1. The van der Waals surface area contributed by atoms with Gasteiger partial charge in [0, 0.05) is 23.7 Å².